The van der Waals surface area contributed by atoms with Crippen LogP contribution in [0.25, 0.3) is 11.3 Å². The Kier molecular flexibility index (Phi) is 6.63. The molecule has 0 saturated carbocycles. The zero-order chi connectivity index (χ0) is 19.8. The first-order valence-electron chi connectivity index (χ1n) is 9.48. The summed E-state index contributed by atoms with van der Waals surface area (Å²) in [5, 5.41) is 5.67. The van der Waals surface area contributed by atoms with Crippen LogP contribution in [0.15, 0.2) is 71.1 Å². The van der Waals surface area contributed by atoms with Crippen molar-refractivity contribution in [3.63, 3.8) is 0 Å². The second-order valence-corrected chi connectivity index (χ2v) is 6.52. The van der Waals surface area contributed by atoms with Gasteiger partial charge in [-0.05, 0) is 36.8 Å². The van der Waals surface area contributed by atoms with E-state index in [4.69, 9.17) is 4.42 Å². The van der Waals surface area contributed by atoms with Crippen molar-refractivity contribution in [1.82, 2.24) is 5.32 Å². The number of amides is 2. The van der Waals surface area contributed by atoms with E-state index in [1.807, 2.05) is 49.4 Å². The van der Waals surface area contributed by atoms with Crippen LogP contribution < -0.4 is 10.6 Å². The lowest BCUT2D eigenvalue weighted by molar-refractivity contribution is -0.116. The van der Waals surface area contributed by atoms with Crippen LogP contribution in [-0.4, -0.2) is 18.4 Å². The summed E-state index contributed by atoms with van der Waals surface area (Å²) in [6.07, 6.45) is 1.68. The largest absolute Gasteiger partial charge is 0.461 e. The third kappa shape index (κ3) is 5.33. The van der Waals surface area contributed by atoms with Crippen LogP contribution in [0.1, 0.15) is 35.9 Å². The molecule has 0 atom stereocenters. The molecule has 1 aromatic heterocycles. The van der Waals surface area contributed by atoms with Crippen LogP contribution in [0.3, 0.4) is 0 Å². The Labute approximate surface area is 164 Å². The zero-order valence-corrected chi connectivity index (χ0v) is 15.9. The Morgan fingerprint density at radius 3 is 2.57 bits per heavy atom. The monoisotopic (exact) mass is 376 g/mol. The minimum Gasteiger partial charge on any atom is -0.461 e. The van der Waals surface area contributed by atoms with E-state index in [9.17, 15) is 9.59 Å². The molecule has 0 aliphatic heterocycles. The molecule has 5 heteroatoms. The molecule has 0 radical (unpaired) electrons. The van der Waals surface area contributed by atoms with E-state index in [1.54, 1.807) is 24.3 Å². The predicted octanol–water partition coefficient (Wildman–Crippen LogP) is 4.66. The first-order chi connectivity index (χ1) is 13.7. The van der Waals surface area contributed by atoms with E-state index >= 15 is 0 Å². The highest BCUT2D eigenvalue weighted by atomic mass is 16.3. The number of carbonyl (C=O) groups is 2. The van der Waals surface area contributed by atoms with Crippen molar-refractivity contribution in [3.8, 4) is 11.3 Å². The SMILES string of the molecule is CCCNC(=O)c1cccc(NC(=O)CCc2ccc(-c3ccccc3)o2)c1. The van der Waals surface area contributed by atoms with Gasteiger partial charge in [0.1, 0.15) is 11.5 Å². The standard InChI is InChI=1S/C23H24N2O3/c1-2-15-24-23(27)18-9-6-10-19(16-18)25-22(26)14-12-20-11-13-21(28-20)17-7-4-3-5-8-17/h3-11,13,16H,2,12,14-15H2,1H3,(H,24,27)(H,25,26). The maximum atomic E-state index is 12.3. The Balaban J connectivity index is 1.54. The molecule has 0 bridgehead atoms. The molecule has 3 aromatic rings. The summed E-state index contributed by atoms with van der Waals surface area (Å²) in [5.41, 5.74) is 2.15. The van der Waals surface area contributed by atoms with Gasteiger partial charge in [0, 0.05) is 36.2 Å². The molecule has 144 valence electrons. The lowest BCUT2D eigenvalue weighted by Gasteiger charge is -2.08. The van der Waals surface area contributed by atoms with Crippen molar-refractivity contribution < 1.29 is 14.0 Å². The smallest absolute Gasteiger partial charge is 0.251 e. The Morgan fingerprint density at radius 1 is 0.964 bits per heavy atom. The third-order valence-electron chi connectivity index (χ3n) is 4.26. The van der Waals surface area contributed by atoms with Crippen LogP contribution in [0.2, 0.25) is 0 Å². The first-order valence-corrected chi connectivity index (χ1v) is 9.48. The number of anilines is 1. The second kappa shape index (κ2) is 9.55. The van der Waals surface area contributed by atoms with Crippen LogP contribution in [-0.2, 0) is 11.2 Å². The maximum Gasteiger partial charge on any atom is 0.251 e. The van der Waals surface area contributed by atoms with Crippen molar-refractivity contribution in [3.05, 3.63) is 78.1 Å². The van der Waals surface area contributed by atoms with Crippen molar-refractivity contribution in [2.75, 3.05) is 11.9 Å². The average Bonchev–Trinajstić information content (AvgIpc) is 3.20. The van der Waals surface area contributed by atoms with Crippen LogP contribution >= 0.6 is 0 Å². The molecule has 3 rings (SSSR count). The molecule has 0 saturated heterocycles. The van der Waals surface area contributed by atoms with Gasteiger partial charge < -0.3 is 15.1 Å². The normalized spacial score (nSPS) is 10.5. The summed E-state index contributed by atoms with van der Waals surface area (Å²) in [7, 11) is 0. The van der Waals surface area contributed by atoms with E-state index in [0.29, 0.717) is 30.6 Å². The minimum absolute atomic E-state index is 0.122. The van der Waals surface area contributed by atoms with Crippen LogP contribution in [0, 0.1) is 0 Å². The topological polar surface area (TPSA) is 71.3 Å². The minimum atomic E-state index is -0.137. The quantitative estimate of drug-likeness (QED) is 0.601. The molecule has 5 nitrogen and oxygen atoms in total. The van der Waals surface area contributed by atoms with E-state index in [-0.39, 0.29) is 11.8 Å². The molecular formula is C23H24N2O3. The van der Waals surface area contributed by atoms with Gasteiger partial charge >= 0.3 is 0 Å². The summed E-state index contributed by atoms with van der Waals surface area (Å²) in [4.78, 5) is 24.3. The van der Waals surface area contributed by atoms with Crippen LogP contribution in [0.4, 0.5) is 5.69 Å². The number of carbonyl (C=O) groups excluding carboxylic acids is 2. The molecule has 2 aromatic carbocycles. The van der Waals surface area contributed by atoms with Gasteiger partial charge in [-0.2, -0.15) is 0 Å². The summed E-state index contributed by atoms with van der Waals surface area (Å²) in [6.45, 7) is 2.63. The van der Waals surface area contributed by atoms with E-state index in [2.05, 4.69) is 10.6 Å². The Morgan fingerprint density at radius 2 is 1.79 bits per heavy atom. The number of aryl methyl sites for hydroxylation is 1. The number of furan rings is 1. The van der Waals surface area contributed by atoms with Gasteiger partial charge in [0.2, 0.25) is 5.91 Å². The van der Waals surface area contributed by atoms with E-state index < -0.39 is 0 Å². The fraction of sp³-hybridized carbons (Fsp3) is 0.217. The molecule has 0 aliphatic rings. The van der Waals surface area contributed by atoms with Gasteiger partial charge in [0.25, 0.3) is 5.91 Å². The van der Waals surface area contributed by atoms with Gasteiger partial charge in [-0.15, -0.1) is 0 Å². The number of nitrogens with one attached hydrogen (secondary N) is 2. The second-order valence-electron chi connectivity index (χ2n) is 6.52. The van der Waals surface area contributed by atoms with Gasteiger partial charge in [0.05, 0.1) is 0 Å². The summed E-state index contributed by atoms with van der Waals surface area (Å²) >= 11 is 0. The molecule has 1 heterocycles. The first kappa shape index (κ1) is 19.4. The van der Waals surface area contributed by atoms with Gasteiger partial charge in [-0.1, -0.05) is 43.3 Å². The molecule has 0 fully saturated rings. The Hall–Kier alpha value is -3.34. The van der Waals surface area contributed by atoms with Crippen molar-refractivity contribution in [1.29, 1.82) is 0 Å². The molecule has 0 spiro atoms. The summed E-state index contributed by atoms with van der Waals surface area (Å²) in [6, 6.07) is 20.6. The van der Waals surface area contributed by atoms with Gasteiger partial charge in [-0.3, -0.25) is 9.59 Å². The molecule has 2 N–H and O–H groups in total. The zero-order valence-electron chi connectivity index (χ0n) is 15.9. The highest BCUT2D eigenvalue weighted by Crippen LogP contribution is 2.22. The number of hydrogen-bond acceptors (Lipinski definition) is 3. The summed E-state index contributed by atoms with van der Waals surface area (Å²) in [5.74, 6) is 1.30. The third-order valence-corrected chi connectivity index (χ3v) is 4.26. The summed E-state index contributed by atoms with van der Waals surface area (Å²) < 4.78 is 5.83. The molecule has 28 heavy (non-hydrogen) atoms. The van der Waals surface area contributed by atoms with Crippen LogP contribution in [0.5, 0.6) is 0 Å². The number of hydrogen-bond donors (Lipinski definition) is 2. The predicted molar refractivity (Wildman–Crippen MR) is 110 cm³/mol. The van der Waals surface area contributed by atoms with Gasteiger partial charge in [0.15, 0.2) is 0 Å². The average molecular weight is 376 g/mol. The number of rotatable bonds is 8. The molecular weight excluding hydrogens is 352 g/mol. The highest BCUT2D eigenvalue weighted by Gasteiger charge is 2.10. The highest BCUT2D eigenvalue weighted by molar-refractivity contribution is 5.97. The molecule has 2 amide bonds. The van der Waals surface area contributed by atoms with Crippen molar-refractivity contribution in [2.45, 2.75) is 26.2 Å². The fourth-order valence-corrected chi connectivity index (χ4v) is 2.81. The molecule has 0 aliphatic carbocycles. The number of benzene rings is 2. The Bertz CT molecular complexity index is 932. The van der Waals surface area contributed by atoms with Crippen molar-refractivity contribution in [2.24, 2.45) is 0 Å². The van der Waals surface area contributed by atoms with E-state index in [1.165, 1.54) is 0 Å². The fourth-order valence-electron chi connectivity index (χ4n) is 2.81. The lowest BCUT2D eigenvalue weighted by atomic mass is 10.1. The lowest BCUT2D eigenvalue weighted by Crippen LogP contribution is -2.24. The van der Waals surface area contributed by atoms with E-state index in [0.717, 1.165) is 23.5 Å². The van der Waals surface area contributed by atoms with Crippen molar-refractivity contribution >= 4 is 17.5 Å². The maximum absolute atomic E-state index is 12.3. The van der Waals surface area contributed by atoms with Gasteiger partial charge in [-0.25, -0.2) is 0 Å². The molecule has 0 unspecified atom stereocenters.